The minimum atomic E-state index is -3.50. The zero-order valence-electron chi connectivity index (χ0n) is 11.7. The molecule has 0 heterocycles. The fraction of sp³-hybridized carbons (Fsp3) is 0.600. The fourth-order valence-electron chi connectivity index (χ4n) is 2.80. The molecule has 0 amide bonds. The molecule has 112 valence electrons. The van der Waals surface area contributed by atoms with Crippen LogP contribution in [0.1, 0.15) is 37.2 Å². The van der Waals surface area contributed by atoms with E-state index in [2.05, 4.69) is 0 Å². The van der Waals surface area contributed by atoms with Crippen LogP contribution >= 0.6 is 0 Å². The summed E-state index contributed by atoms with van der Waals surface area (Å²) in [5.41, 5.74) is 0.966. The van der Waals surface area contributed by atoms with E-state index in [1.54, 1.807) is 0 Å². The van der Waals surface area contributed by atoms with Gasteiger partial charge in [0.25, 0.3) is 0 Å². The molecule has 20 heavy (non-hydrogen) atoms. The molecule has 0 aliphatic heterocycles. The van der Waals surface area contributed by atoms with E-state index in [9.17, 15) is 8.42 Å². The molecule has 2 N–H and O–H groups in total. The predicted molar refractivity (Wildman–Crippen MR) is 79.9 cm³/mol. The summed E-state index contributed by atoms with van der Waals surface area (Å²) in [5, 5.41) is 5.18. The average Bonchev–Trinajstić information content (AvgIpc) is 2.90. The molecule has 1 aromatic carbocycles. The maximum absolute atomic E-state index is 11.4. The molecule has 2 rings (SSSR count). The molecule has 4 nitrogen and oxygen atoms in total. The van der Waals surface area contributed by atoms with E-state index in [4.69, 9.17) is 9.88 Å². The van der Waals surface area contributed by atoms with Gasteiger partial charge in [0.1, 0.15) is 0 Å². The smallest absolute Gasteiger partial charge is 0.209 e. The standard InChI is InChI=1S/C15H23NO3S/c16-20(17,18)12-15(14-8-2-1-3-9-14)11-19-10-13-6-4-5-7-13/h1-3,8-9,13,15H,4-7,10-12H2,(H2,16,17,18). The van der Waals surface area contributed by atoms with Gasteiger partial charge in [0.15, 0.2) is 0 Å². The first kappa shape index (κ1) is 15.5. The van der Waals surface area contributed by atoms with Crippen LogP contribution in [0.4, 0.5) is 0 Å². The van der Waals surface area contributed by atoms with E-state index < -0.39 is 10.0 Å². The van der Waals surface area contributed by atoms with Gasteiger partial charge in [0.05, 0.1) is 12.4 Å². The Morgan fingerprint density at radius 1 is 1.20 bits per heavy atom. The molecule has 1 saturated carbocycles. The summed E-state index contributed by atoms with van der Waals surface area (Å²) >= 11 is 0. The van der Waals surface area contributed by atoms with E-state index in [1.807, 2.05) is 30.3 Å². The van der Waals surface area contributed by atoms with Gasteiger partial charge in [-0.2, -0.15) is 0 Å². The van der Waals surface area contributed by atoms with Crippen LogP contribution in [0.2, 0.25) is 0 Å². The number of hydrogen-bond acceptors (Lipinski definition) is 3. The highest BCUT2D eigenvalue weighted by atomic mass is 32.2. The first-order valence-electron chi connectivity index (χ1n) is 7.18. The molecular formula is C15H23NO3S. The fourth-order valence-corrected chi connectivity index (χ4v) is 3.65. The lowest BCUT2D eigenvalue weighted by atomic mass is 10.0. The molecule has 0 saturated heterocycles. The molecule has 1 unspecified atom stereocenters. The van der Waals surface area contributed by atoms with Crippen LogP contribution in [0.25, 0.3) is 0 Å². The van der Waals surface area contributed by atoms with Crippen LogP contribution in [0.15, 0.2) is 30.3 Å². The number of rotatable bonds is 7. The molecule has 0 radical (unpaired) electrons. The SMILES string of the molecule is NS(=O)(=O)CC(COCC1CCCC1)c1ccccc1. The normalized spacial score (nSPS) is 18.2. The number of sulfonamides is 1. The van der Waals surface area contributed by atoms with E-state index in [0.29, 0.717) is 12.5 Å². The second-order valence-electron chi connectivity index (χ2n) is 5.63. The van der Waals surface area contributed by atoms with Gasteiger partial charge in [-0.15, -0.1) is 0 Å². The molecule has 0 spiro atoms. The summed E-state index contributed by atoms with van der Waals surface area (Å²) < 4.78 is 28.5. The minimum absolute atomic E-state index is 0.0678. The summed E-state index contributed by atoms with van der Waals surface area (Å²) in [4.78, 5) is 0. The quantitative estimate of drug-likeness (QED) is 0.839. The number of nitrogens with two attached hydrogens (primary N) is 1. The number of primary sulfonamides is 1. The van der Waals surface area contributed by atoms with E-state index in [0.717, 1.165) is 12.2 Å². The number of hydrogen-bond donors (Lipinski definition) is 1. The lowest BCUT2D eigenvalue weighted by Gasteiger charge is -2.18. The van der Waals surface area contributed by atoms with Gasteiger partial charge in [-0.25, -0.2) is 13.6 Å². The van der Waals surface area contributed by atoms with Crippen molar-refractivity contribution in [3.63, 3.8) is 0 Å². The van der Waals surface area contributed by atoms with Crippen molar-refractivity contribution < 1.29 is 13.2 Å². The Kier molecular flexibility index (Phi) is 5.57. The topological polar surface area (TPSA) is 69.4 Å². The number of ether oxygens (including phenoxy) is 1. The predicted octanol–water partition coefficient (Wildman–Crippen LogP) is 2.27. The highest BCUT2D eigenvalue weighted by Crippen LogP contribution is 2.25. The summed E-state index contributed by atoms with van der Waals surface area (Å²) in [5.74, 6) is 0.385. The Hall–Kier alpha value is -0.910. The molecule has 1 aliphatic rings. The second-order valence-corrected chi connectivity index (χ2v) is 7.28. The van der Waals surface area contributed by atoms with Gasteiger partial charge in [0.2, 0.25) is 10.0 Å². The Balaban J connectivity index is 1.92. The van der Waals surface area contributed by atoms with Crippen LogP contribution in [0.3, 0.4) is 0 Å². The Bertz CT molecular complexity index is 495. The highest BCUT2D eigenvalue weighted by Gasteiger charge is 2.20. The van der Waals surface area contributed by atoms with Gasteiger partial charge in [0, 0.05) is 12.5 Å². The van der Waals surface area contributed by atoms with Crippen molar-refractivity contribution in [1.82, 2.24) is 0 Å². The van der Waals surface area contributed by atoms with Crippen LogP contribution in [0.5, 0.6) is 0 Å². The zero-order valence-corrected chi connectivity index (χ0v) is 12.5. The van der Waals surface area contributed by atoms with Crippen molar-refractivity contribution in [2.24, 2.45) is 11.1 Å². The maximum Gasteiger partial charge on any atom is 0.209 e. The summed E-state index contributed by atoms with van der Waals surface area (Å²) in [6.45, 7) is 1.14. The van der Waals surface area contributed by atoms with E-state index in [1.165, 1.54) is 25.7 Å². The molecule has 1 atom stereocenters. The van der Waals surface area contributed by atoms with Crippen LogP contribution < -0.4 is 5.14 Å². The summed E-state index contributed by atoms with van der Waals surface area (Å²) in [6, 6.07) is 9.57. The molecule has 1 fully saturated rings. The first-order chi connectivity index (χ1) is 9.54. The zero-order chi connectivity index (χ0) is 14.4. The third kappa shape index (κ3) is 5.23. The monoisotopic (exact) mass is 297 g/mol. The van der Waals surface area contributed by atoms with Crippen molar-refractivity contribution in [3.8, 4) is 0 Å². The van der Waals surface area contributed by atoms with Crippen molar-refractivity contribution in [3.05, 3.63) is 35.9 Å². The van der Waals surface area contributed by atoms with Gasteiger partial charge in [-0.3, -0.25) is 0 Å². The lowest BCUT2D eigenvalue weighted by Crippen LogP contribution is -2.25. The summed E-state index contributed by atoms with van der Waals surface area (Å²) in [6.07, 6.45) is 5.02. The van der Waals surface area contributed by atoms with Crippen molar-refractivity contribution in [2.75, 3.05) is 19.0 Å². The third-order valence-electron chi connectivity index (χ3n) is 3.85. The third-order valence-corrected chi connectivity index (χ3v) is 4.72. The van der Waals surface area contributed by atoms with Gasteiger partial charge >= 0.3 is 0 Å². The first-order valence-corrected chi connectivity index (χ1v) is 8.89. The second kappa shape index (κ2) is 7.20. The Morgan fingerprint density at radius 2 is 1.85 bits per heavy atom. The molecular weight excluding hydrogens is 274 g/mol. The Morgan fingerprint density at radius 3 is 2.45 bits per heavy atom. The van der Waals surface area contributed by atoms with Gasteiger partial charge < -0.3 is 4.74 Å². The lowest BCUT2D eigenvalue weighted by molar-refractivity contribution is 0.0929. The summed E-state index contributed by atoms with van der Waals surface area (Å²) in [7, 11) is -3.50. The molecule has 5 heteroatoms. The highest BCUT2D eigenvalue weighted by molar-refractivity contribution is 7.89. The largest absolute Gasteiger partial charge is 0.380 e. The van der Waals surface area contributed by atoms with Crippen LogP contribution in [0, 0.1) is 5.92 Å². The Labute approximate surface area is 121 Å². The minimum Gasteiger partial charge on any atom is -0.380 e. The van der Waals surface area contributed by atoms with Gasteiger partial charge in [-0.05, 0) is 24.3 Å². The molecule has 1 aromatic rings. The van der Waals surface area contributed by atoms with Crippen LogP contribution in [-0.2, 0) is 14.8 Å². The average molecular weight is 297 g/mol. The molecule has 1 aliphatic carbocycles. The van der Waals surface area contributed by atoms with Crippen LogP contribution in [-0.4, -0.2) is 27.4 Å². The van der Waals surface area contributed by atoms with E-state index in [-0.39, 0.29) is 11.7 Å². The molecule has 0 bridgehead atoms. The van der Waals surface area contributed by atoms with Gasteiger partial charge in [-0.1, -0.05) is 43.2 Å². The van der Waals surface area contributed by atoms with Crippen molar-refractivity contribution >= 4 is 10.0 Å². The maximum atomic E-state index is 11.4. The van der Waals surface area contributed by atoms with Crippen molar-refractivity contribution in [2.45, 2.75) is 31.6 Å². The molecule has 0 aromatic heterocycles. The number of benzene rings is 1. The van der Waals surface area contributed by atoms with Crippen molar-refractivity contribution in [1.29, 1.82) is 0 Å². The van der Waals surface area contributed by atoms with E-state index >= 15 is 0 Å².